The Hall–Kier alpha value is -2.44. The number of nitro groups is 1. The third kappa shape index (κ3) is 3.26. The van der Waals surface area contributed by atoms with Gasteiger partial charge in [-0.05, 0) is 12.1 Å². The Balaban J connectivity index is 3.26. The molecule has 0 saturated carbocycles. The number of carbonyl (C=O) groups excluding carboxylic acids is 2. The summed E-state index contributed by atoms with van der Waals surface area (Å²) in [7, 11) is 0. The first-order valence-electron chi connectivity index (χ1n) is 4.56. The summed E-state index contributed by atoms with van der Waals surface area (Å²) in [5, 5.41) is 10.8. The largest absolute Gasteiger partial charge is 0.419 e. The van der Waals surface area contributed by atoms with E-state index in [4.69, 9.17) is 0 Å². The monoisotopic (exact) mass is 239 g/mol. The van der Waals surface area contributed by atoms with E-state index in [1.807, 2.05) is 0 Å². The minimum absolute atomic E-state index is 0.263. The topological polar surface area (TPSA) is 95.7 Å². The Morgan fingerprint density at radius 1 is 1.12 bits per heavy atom. The zero-order valence-corrected chi connectivity index (χ0v) is 9.13. The smallest absolute Gasteiger partial charge is 0.353 e. The molecule has 0 saturated heterocycles. The summed E-state index contributed by atoms with van der Waals surface area (Å²) in [5.74, 6) is -1.93. The highest BCUT2D eigenvalue weighted by molar-refractivity contribution is 5.75. The van der Waals surface area contributed by atoms with Crippen molar-refractivity contribution in [3.05, 3.63) is 28.3 Å². The second-order valence-electron chi connectivity index (χ2n) is 3.05. The van der Waals surface area contributed by atoms with E-state index >= 15 is 0 Å². The van der Waals surface area contributed by atoms with Crippen LogP contribution >= 0.6 is 0 Å². The van der Waals surface area contributed by atoms with E-state index in [2.05, 4.69) is 9.47 Å². The van der Waals surface area contributed by atoms with Crippen molar-refractivity contribution in [3.8, 4) is 11.5 Å². The molecule has 90 valence electrons. The van der Waals surface area contributed by atoms with Crippen molar-refractivity contribution in [2.75, 3.05) is 0 Å². The molecule has 0 aliphatic heterocycles. The van der Waals surface area contributed by atoms with Gasteiger partial charge in [-0.3, -0.25) is 19.7 Å². The maximum atomic E-state index is 10.8. The highest BCUT2D eigenvalue weighted by atomic mass is 16.6. The summed E-state index contributed by atoms with van der Waals surface area (Å²) in [6, 6.07) is 3.86. The van der Waals surface area contributed by atoms with E-state index in [0.717, 1.165) is 13.8 Å². The molecule has 0 radical (unpaired) electrons. The molecule has 1 rings (SSSR count). The molecule has 17 heavy (non-hydrogen) atoms. The standard InChI is InChI=1S/C10H9NO6/c1-6(12)16-8-4-3-5-9(17-7(2)13)10(8)11(14)15/h3-5H,1-2H3. The van der Waals surface area contributed by atoms with Crippen LogP contribution < -0.4 is 9.47 Å². The first-order chi connectivity index (χ1) is 7.91. The van der Waals surface area contributed by atoms with Crippen LogP contribution in [-0.4, -0.2) is 16.9 Å². The van der Waals surface area contributed by atoms with Gasteiger partial charge in [-0.25, -0.2) is 0 Å². The van der Waals surface area contributed by atoms with Crippen LogP contribution in [0.2, 0.25) is 0 Å². The Bertz CT molecular complexity index is 447. The number of nitro benzene ring substituents is 1. The molecule has 0 heterocycles. The fraction of sp³-hybridized carbons (Fsp3) is 0.200. The first kappa shape index (κ1) is 12.6. The molecule has 0 fully saturated rings. The van der Waals surface area contributed by atoms with Crippen molar-refractivity contribution < 1.29 is 24.0 Å². The minimum Gasteiger partial charge on any atom is -0.419 e. The molecule has 7 nitrogen and oxygen atoms in total. The Morgan fingerprint density at radius 3 is 1.82 bits per heavy atom. The summed E-state index contributed by atoms with van der Waals surface area (Å²) in [6.45, 7) is 2.23. The second kappa shape index (κ2) is 5.06. The fourth-order valence-corrected chi connectivity index (χ4v) is 1.16. The van der Waals surface area contributed by atoms with Crippen LogP contribution in [0.1, 0.15) is 13.8 Å². The molecule has 1 aromatic rings. The summed E-state index contributed by atoms with van der Waals surface area (Å²) >= 11 is 0. The van der Waals surface area contributed by atoms with Crippen molar-refractivity contribution >= 4 is 17.6 Å². The highest BCUT2D eigenvalue weighted by Crippen LogP contribution is 2.36. The molecule has 0 aliphatic carbocycles. The quantitative estimate of drug-likeness (QED) is 0.343. The van der Waals surface area contributed by atoms with E-state index < -0.39 is 22.5 Å². The van der Waals surface area contributed by atoms with E-state index in [9.17, 15) is 19.7 Å². The van der Waals surface area contributed by atoms with Gasteiger partial charge in [-0.2, -0.15) is 0 Å². The lowest BCUT2D eigenvalue weighted by molar-refractivity contribution is -0.386. The van der Waals surface area contributed by atoms with E-state index in [1.54, 1.807) is 0 Å². The Kier molecular flexibility index (Phi) is 3.76. The van der Waals surface area contributed by atoms with Crippen LogP contribution in [0.4, 0.5) is 5.69 Å². The zero-order valence-electron chi connectivity index (χ0n) is 9.13. The second-order valence-corrected chi connectivity index (χ2v) is 3.05. The van der Waals surface area contributed by atoms with Crippen LogP contribution in [0.5, 0.6) is 11.5 Å². The van der Waals surface area contributed by atoms with Crippen molar-refractivity contribution in [1.29, 1.82) is 0 Å². The minimum atomic E-state index is -0.781. The molecule has 0 aliphatic rings. The summed E-state index contributed by atoms with van der Waals surface area (Å²) in [5.41, 5.74) is -0.557. The van der Waals surface area contributed by atoms with Crippen molar-refractivity contribution in [2.45, 2.75) is 13.8 Å². The van der Waals surface area contributed by atoms with Crippen LogP contribution in [0.3, 0.4) is 0 Å². The average molecular weight is 239 g/mol. The highest BCUT2D eigenvalue weighted by Gasteiger charge is 2.24. The number of esters is 2. The molecule has 7 heteroatoms. The average Bonchev–Trinajstić information content (AvgIpc) is 2.14. The lowest BCUT2D eigenvalue weighted by Crippen LogP contribution is -2.07. The molecule has 0 atom stereocenters. The molecule has 0 aromatic heterocycles. The molecular weight excluding hydrogens is 230 g/mol. The molecular formula is C10H9NO6. The molecule has 1 aromatic carbocycles. The third-order valence-electron chi connectivity index (χ3n) is 1.65. The SMILES string of the molecule is CC(=O)Oc1cccc(OC(C)=O)c1[N+](=O)[O-]. The van der Waals surface area contributed by atoms with Crippen LogP contribution in [0.25, 0.3) is 0 Å². The molecule has 0 bridgehead atoms. The van der Waals surface area contributed by atoms with Gasteiger partial charge < -0.3 is 9.47 Å². The fourth-order valence-electron chi connectivity index (χ4n) is 1.16. The predicted molar refractivity (Wildman–Crippen MR) is 55.7 cm³/mol. The van der Waals surface area contributed by atoms with Gasteiger partial charge >= 0.3 is 17.6 Å². The predicted octanol–water partition coefficient (Wildman–Crippen LogP) is 1.45. The van der Waals surface area contributed by atoms with E-state index in [1.165, 1.54) is 18.2 Å². The van der Waals surface area contributed by atoms with Gasteiger partial charge in [0.25, 0.3) is 0 Å². The van der Waals surface area contributed by atoms with Crippen molar-refractivity contribution in [3.63, 3.8) is 0 Å². The number of ether oxygens (including phenoxy) is 2. The van der Waals surface area contributed by atoms with Gasteiger partial charge in [0.15, 0.2) is 0 Å². The number of hydrogen-bond acceptors (Lipinski definition) is 6. The maximum absolute atomic E-state index is 10.8. The molecule has 0 unspecified atom stereocenters. The normalized spacial score (nSPS) is 9.53. The lowest BCUT2D eigenvalue weighted by Gasteiger charge is -2.06. The number of hydrogen-bond donors (Lipinski definition) is 0. The number of carbonyl (C=O) groups is 2. The number of nitrogens with zero attached hydrogens (tertiary/aromatic N) is 1. The van der Waals surface area contributed by atoms with Crippen LogP contribution in [-0.2, 0) is 9.59 Å². The van der Waals surface area contributed by atoms with Crippen molar-refractivity contribution in [2.24, 2.45) is 0 Å². The Morgan fingerprint density at radius 2 is 1.53 bits per heavy atom. The molecule has 0 amide bonds. The summed E-state index contributed by atoms with van der Waals surface area (Å²) in [4.78, 5) is 31.6. The third-order valence-corrected chi connectivity index (χ3v) is 1.65. The summed E-state index contributed by atoms with van der Waals surface area (Å²) in [6.07, 6.45) is 0. The van der Waals surface area contributed by atoms with E-state index in [0.29, 0.717) is 0 Å². The van der Waals surface area contributed by atoms with Gasteiger partial charge in [-0.15, -0.1) is 0 Å². The summed E-state index contributed by atoms with van der Waals surface area (Å²) < 4.78 is 9.31. The lowest BCUT2D eigenvalue weighted by atomic mass is 10.2. The van der Waals surface area contributed by atoms with E-state index in [-0.39, 0.29) is 11.5 Å². The van der Waals surface area contributed by atoms with Crippen molar-refractivity contribution in [1.82, 2.24) is 0 Å². The van der Waals surface area contributed by atoms with Gasteiger partial charge in [0.2, 0.25) is 11.5 Å². The van der Waals surface area contributed by atoms with Crippen LogP contribution in [0, 0.1) is 10.1 Å². The van der Waals surface area contributed by atoms with Gasteiger partial charge in [0.05, 0.1) is 4.92 Å². The number of rotatable bonds is 3. The first-order valence-corrected chi connectivity index (χ1v) is 4.56. The Labute approximate surface area is 96.1 Å². The maximum Gasteiger partial charge on any atom is 0.353 e. The number of benzene rings is 1. The van der Waals surface area contributed by atoms with Gasteiger partial charge in [0.1, 0.15) is 0 Å². The molecule has 0 N–H and O–H groups in total. The van der Waals surface area contributed by atoms with Gasteiger partial charge in [0, 0.05) is 13.8 Å². The van der Waals surface area contributed by atoms with Crippen LogP contribution in [0.15, 0.2) is 18.2 Å². The van der Waals surface area contributed by atoms with Gasteiger partial charge in [-0.1, -0.05) is 6.07 Å². The zero-order chi connectivity index (χ0) is 13.0. The number of para-hydroxylation sites is 1. The molecule has 0 spiro atoms.